The van der Waals surface area contributed by atoms with Gasteiger partial charge in [0.2, 0.25) is 0 Å². The predicted molar refractivity (Wildman–Crippen MR) is 96.5 cm³/mol. The molecule has 0 N–H and O–H groups in total. The maximum Gasteiger partial charge on any atom is 0.119 e. The quantitative estimate of drug-likeness (QED) is 0.680. The second kappa shape index (κ2) is 10.0. The third-order valence-electron chi connectivity index (χ3n) is 3.26. The fraction of sp³-hybridized carbons (Fsp3) is 0.429. The molecule has 0 spiro atoms. The second-order valence-corrected chi connectivity index (χ2v) is 6.53. The first kappa shape index (κ1) is 18.3. The third kappa shape index (κ3) is 7.87. The van der Waals surface area contributed by atoms with Crippen molar-refractivity contribution in [1.82, 2.24) is 0 Å². The van der Waals surface area contributed by atoms with Crippen LogP contribution in [0.15, 0.2) is 54.6 Å². The van der Waals surface area contributed by atoms with E-state index in [-0.39, 0.29) is 0 Å². The third-order valence-corrected chi connectivity index (χ3v) is 3.26. The molecule has 0 saturated heterocycles. The van der Waals surface area contributed by atoms with E-state index >= 15 is 0 Å². The van der Waals surface area contributed by atoms with Crippen LogP contribution in [0.5, 0.6) is 5.75 Å². The molecule has 1 nitrogen and oxygen atoms in total. The molecule has 0 heterocycles. The minimum absolute atomic E-state index is 0.706. The van der Waals surface area contributed by atoms with Crippen molar-refractivity contribution in [3.05, 3.63) is 65.7 Å². The van der Waals surface area contributed by atoms with Crippen LogP contribution in [-0.4, -0.2) is 7.11 Å². The number of hydrogen-bond donors (Lipinski definition) is 0. The summed E-state index contributed by atoms with van der Waals surface area (Å²) in [5.74, 6) is 2.42. The van der Waals surface area contributed by atoms with E-state index in [1.807, 2.05) is 12.1 Å². The zero-order chi connectivity index (χ0) is 16.4. The molecule has 2 aromatic rings. The Kier molecular flexibility index (Phi) is 8.35. The minimum atomic E-state index is 0.706. The van der Waals surface area contributed by atoms with Crippen molar-refractivity contribution in [2.75, 3.05) is 7.11 Å². The standard InChI is InChI=1S/C11H16O.C10H14/c1-9(2)7-10-5-4-6-11(8-10)12-3;1-9(2)8-10-6-4-3-5-7-10/h4-6,8-9H,7H2,1-3H3;3-7,9H,8H2,1-2H3. The predicted octanol–water partition coefficient (Wildman–Crippen LogP) is 5.78. The van der Waals surface area contributed by atoms with Gasteiger partial charge in [-0.3, -0.25) is 0 Å². The number of methoxy groups -OCH3 is 1. The maximum absolute atomic E-state index is 5.14. The maximum atomic E-state index is 5.14. The van der Waals surface area contributed by atoms with Gasteiger partial charge in [-0.05, 0) is 47.9 Å². The van der Waals surface area contributed by atoms with E-state index in [9.17, 15) is 0 Å². The van der Waals surface area contributed by atoms with Gasteiger partial charge in [0.15, 0.2) is 0 Å². The second-order valence-electron chi connectivity index (χ2n) is 6.53. The van der Waals surface area contributed by atoms with E-state index in [0.717, 1.165) is 18.1 Å². The first-order chi connectivity index (χ1) is 10.5. The van der Waals surface area contributed by atoms with Gasteiger partial charge in [0.25, 0.3) is 0 Å². The summed E-state index contributed by atoms with van der Waals surface area (Å²) in [6.45, 7) is 8.93. The Morgan fingerprint density at radius 3 is 1.82 bits per heavy atom. The average Bonchev–Trinajstić information content (AvgIpc) is 2.48. The Hall–Kier alpha value is -1.76. The van der Waals surface area contributed by atoms with E-state index < -0.39 is 0 Å². The molecule has 0 aliphatic heterocycles. The normalized spacial score (nSPS) is 10.3. The molecule has 0 saturated carbocycles. The summed E-state index contributed by atoms with van der Waals surface area (Å²) in [6.07, 6.45) is 2.32. The Morgan fingerprint density at radius 1 is 0.727 bits per heavy atom. The molecule has 0 aromatic heterocycles. The molecule has 0 bridgehead atoms. The van der Waals surface area contributed by atoms with E-state index in [0.29, 0.717) is 5.92 Å². The van der Waals surface area contributed by atoms with Crippen molar-refractivity contribution in [2.45, 2.75) is 40.5 Å². The Balaban J connectivity index is 0.000000224. The lowest BCUT2D eigenvalue weighted by atomic mass is 10.0. The lowest BCUT2D eigenvalue weighted by Crippen LogP contribution is -1.94. The molecule has 0 radical (unpaired) electrons. The molecule has 0 aliphatic carbocycles. The fourth-order valence-corrected chi connectivity index (χ4v) is 2.36. The number of benzene rings is 2. The van der Waals surface area contributed by atoms with Gasteiger partial charge in [0.05, 0.1) is 7.11 Å². The summed E-state index contributed by atoms with van der Waals surface area (Å²) in [5, 5.41) is 0. The topological polar surface area (TPSA) is 9.23 Å². The van der Waals surface area contributed by atoms with Crippen LogP contribution in [-0.2, 0) is 12.8 Å². The van der Waals surface area contributed by atoms with Gasteiger partial charge >= 0.3 is 0 Å². The highest BCUT2D eigenvalue weighted by atomic mass is 16.5. The van der Waals surface area contributed by atoms with Crippen LogP contribution in [0.1, 0.15) is 38.8 Å². The summed E-state index contributed by atoms with van der Waals surface area (Å²) >= 11 is 0. The molecule has 2 aromatic carbocycles. The molecule has 0 amide bonds. The van der Waals surface area contributed by atoms with Crippen LogP contribution in [0, 0.1) is 11.8 Å². The Bertz CT molecular complexity index is 514. The van der Waals surface area contributed by atoms with Crippen molar-refractivity contribution >= 4 is 0 Å². The smallest absolute Gasteiger partial charge is 0.119 e. The zero-order valence-corrected chi connectivity index (χ0v) is 14.7. The van der Waals surface area contributed by atoms with E-state index in [4.69, 9.17) is 4.74 Å². The number of rotatable bonds is 5. The summed E-state index contributed by atoms with van der Waals surface area (Å²) in [7, 11) is 1.70. The van der Waals surface area contributed by atoms with Crippen LogP contribution in [0.3, 0.4) is 0 Å². The molecule has 2 rings (SSSR count). The van der Waals surface area contributed by atoms with Gasteiger partial charge < -0.3 is 4.74 Å². The van der Waals surface area contributed by atoms with Gasteiger partial charge in [-0.2, -0.15) is 0 Å². The Morgan fingerprint density at radius 2 is 1.27 bits per heavy atom. The molecule has 22 heavy (non-hydrogen) atoms. The summed E-state index contributed by atoms with van der Waals surface area (Å²) < 4.78 is 5.14. The molecular formula is C21H30O. The molecule has 1 heteroatoms. The van der Waals surface area contributed by atoms with Gasteiger partial charge in [0, 0.05) is 0 Å². The zero-order valence-electron chi connectivity index (χ0n) is 14.7. The fourth-order valence-electron chi connectivity index (χ4n) is 2.36. The lowest BCUT2D eigenvalue weighted by molar-refractivity contribution is 0.414. The molecule has 0 unspecified atom stereocenters. The van der Waals surface area contributed by atoms with E-state index in [2.05, 4.69) is 70.2 Å². The van der Waals surface area contributed by atoms with Crippen molar-refractivity contribution in [2.24, 2.45) is 11.8 Å². The van der Waals surface area contributed by atoms with Crippen LogP contribution in [0.2, 0.25) is 0 Å². The van der Waals surface area contributed by atoms with Gasteiger partial charge in [-0.25, -0.2) is 0 Å². The highest BCUT2D eigenvalue weighted by Gasteiger charge is 1.98. The molecular weight excluding hydrogens is 268 g/mol. The highest BCUT2D eigenvalue weighted by Crippen LogP contribution is 2.15. The first-order valence-electron chi connectivity index (χ1n) is 8.18. The van der Waals surface area contributed by atoms with Crippen molar-refractivity contribution in [1.29, 1.82) is 0 Å². The Labute approximate surface area is 136 Å². The van der Waals surface area contributed by atoms with E-state index in [1.54, 1.807) is 7.11 Å². The van der Waals surface area contributed by atoms with Crippen molar-refractivity contribution < 1.29 is 4.74 Å². The number of hydrogen-bond acceptors (Lipinski definition) is 1. The van der Waals surface area contributed by atoms with Crippen LogP contribution < -0.4 is 4.74 Å². The summed E-state index contributed by atoms with van der Waals surface area (Å²) in [6, 6.07) is 18.9. The largest absolute Gasteiger partial charge is 0.497 e. The van der Waals surface area contributed by atoms with Crippen LogP contribution in [0.25, 0.3) is 0 Å². The first-order valence-corrected chi connectivity index (χ1v) is 8.18. The van der Waals surface area contributed by atoms with Gasteiger partial charge in [-0.1, -0.05) is 70.2 Å². The van der Waals surface area contributed by atoms with E-state index in [1.165, 1.54) is 17.5 Å². The molecule has 0 fully saturated rings. The van der Waals surface area contributed by atoms with Crippen LogP contribution >= 0.6 is 0 Å². The monoisotopic (exact) mass is 298 g/mol. The summed E-state index contributed by atoms with van der Waals surface area (Å²) in [4.78, 5) is 0. The summed E-state index contributed by atoms with van der Waals surface area (Å²) in [5.41, 5.74) is 2.79. The van der Waals surface area contributed by atoms with Gasteiger partial charge in [0.1, 0.15) is 5.75 Å². The molecule has 120 valence electrons. The lowest BCUT2D eigenvalue weighted by Gasteiger charge is -2.06. The van der Waals surface area contributed by atoms with Crippen LogP contribution in [0.4, 0.5) is 0 Å². The van der Waals surface area contributed by atoms with Crippen molar-refractivity contribution in [3.8, 4) is 5.75 Å². The van der Waals surface area contributed by atoms with Crippen molar-refractivity contribution in [3.63, 3.8) is 0 Å². The molecule has 0 atom stereocenters. The minimum Gasteiger partial charge on any atom is -0.497 e. The van der Waals surface area contributed by atoms with Gasteiger partial charge in [-0.15, -0.1) is 0 Å². The highest BCUT2D eigenvalue weighted by molar-refractivity contribution is 5.28. The average molecular weight is 298 g/mol. The SMILES string of the molecule is CC(C)Cc1ccccc1.COc1cccc(CC(C)C)c1. The number of ether oxygens (including phenoxy) is 1. The molecule has 0 aliphatic rings.